The van der Waals surface area contributed by atoms with Gasteiger partial charge >= 0.3 is 6.03 Å². The van der Waals surface area contributed by atoms with Gasteiger partial charge in [0.05, 0.1) is 12.6 Å². The van der Waals surface area contributed by atoms with Gasteiger partial charge in [-0.25, -0.2) is 4.79 Å². The highest BCUT2D eigenvalue weighted by atomic mass is 35.5. The van der Waals surface area contributed by atoms with E-state index in [9.17, 15) is 9.59 Å². The van der Waals surface area contributed by atoms with Gasteiger partial charge in [0, 0.05) is 30.7 Å². The number of piperazine rings is 1. The molecule has 0 radical (unpaired) electrons. The molecule has 1 saturated carbocycles. The van der Waals surface area contributed by atoms with Gasteiger partial charge in [-0.15, -0.1) is 0 Å². The van der Waals surface area contributed by atoms with Crippen LogP contribution in [0.2, 0.25) is 5.02 Å². The molecule has 3 amide bonds. The predicted molar refractivity (Wildman–Crippen MR) is 102 cm³/mol. The Morgan fingerprint density at radius 1 is 1.19 bits per heavy atom. The fraction of sp³-hybridized carbons (Fsp3) is 0.579. The Hall–Kier alpha value is -1.79. The fourth-order valence-electron chi connectivity index (χ4n) is 3.77. The monoisotopic (exact) mass is 378 g/mol. The van der Waals surface area contributed by atoms with E-state index in [4.69, 9.17) is 11.6 Å². The Kier molecular flexibility index (Phi) is 6.74. The first-order chi connectivity index (χ1) is 12.6. The molecule has 3 rings (SSSR count). The molecular formula is C19H27ClN4O2. The van der Waals surface area contributed by atoms with E-state index in [1.807, 2.05) is 24.3 Å². The standard InChI is InChI=1S/C19H27ClN4O2/c20-16-9-5-4-8-15(16)17-12-21-10-11-24(17)18(25)13-22-19(26)23-14-6-2-1-3-7-14/h4-5,8-9,14,17,21H,1-3,6-7,10-13H2,(H2,22,23,26). The van der Waals surface area contributed by atoms with Gasteiger partial charge in [0.15, 0.2) is 0 Å². The maximum atomic E-state index is 12.7. The van der Waals surface area contributed by atoms with Gasteiger partial charge in [0.2, 0.25) is 5.91 Å². The molecule has 142 valence electrons. The van der Waals surface area contributed by atoms with Crippen LogP contribution in [0.25, 0.3) is 0 Å². The lowest BCUT2D eigenvalue weighted by Gasteiger charge is -2.37. The Morgan fingerprint density at radius 2 is 1.96 bits per heavy atom. The predicted octanol–water partition coefficient (Wildman–Crippen LogP) is 2.44. The number of halogens is 1. The second-order valence-corrected chi connectivity index (χ2v) is 7.40. The lowest BCUT2D eigenvalue weighted by Crippen LogP contribution is -2.52. The van der Waals surface area contributed by atoms with Crippen LogP contribution in [0.5, 0.6) is 0 Å². The van der Waals surface area contributed by atoms with Crippen molar-refractivity contribution in [3.8, 4) is 0 Å². The minimum absolute atomic E-state index is 0.000490. The number of nitrogens with zero attached hydrogens (tertiary/aromatic N) is 1. The van der Waals surface area contributed by atoms with E-state index >= 15 is 0 Å². The van der Waals surface area contributed by atoms with Crippen LogP contribution in [0.4, 0.5) is 4.79 Å². The van der Waals surface area contributed by atoms with Crippen molar-refractivity contribution in [3.63, 3.8) is 0 Å². The third-order valence-electron chi connectivity index (χ3n) is 5.17. The molecule has 0 aromatic heterocycles. The average Bonchev–Trinajstić information content (AvgIpc) is 2.67. The van der Waals surface area contributed by atoms with Crippen molar-refractivity contribution >= 4 is 23.5 Å². The number of nitrogens with one attached hydrogen (secondary N) is 3. The van der Waals surface area contributed by atoms with Crippen molar-refractivity contribution in [3.05, 3.63) is 34.9 Å². The average molecular weight is 379 g/mol. The molecule has 7 heteroatoms. The van der Waals surface area contributed by atoms with Crippen LogP contribution in [0.3, 0.4) is 0 Å². The molecule has 6 nitrogen and oxygen atoms in total. The number of rotatable bonds is 4. The molecule has 0 bridgehead atoms. The Labute approximate surface area is 159 Å². The first-order valence-electron chi connectivity index (χ1n) is 9.44. The van der Waals surface area contributed by atoms with Crippen molar-refractivity contribution in [2.24, 2.45) is 0 Å². The molecule has 1 aliphatic heterocycles. The van der Waals surface area contributed by atoms with Gasteiger partial charge in [0.25, 0.3) is 0 Å². The van der Waals surface area contributed by atoms with E-state index in [2.05, 4.69) is 16.0 Å². The van der Waals surface area contributed by atoms with Gasteiger partial charge in [0.1, 0.15) is 0 Å². The summed E-state index contributed by atoms with van der Waals surface area (Å²) in [7, 11) is 0. The number of hydrogen-bond acceptors (Lipinski definition) is 3. The topological polar surface area (TPSA) is 73.5 Å². The highest BCUT2D eigenvalue weighted by Crippen LogP contribution is 2.28. The van der Waals surface area contributed by atoms with Crippen molar-refractivity contribution in [1.29, 1.82) is 0 Å². The SMILES string of the molecule is O=C(NCC(=O)N1CCNCC1c1ccccc1Cl)NC1CCCCC1. The third-order valence-corrected chi connectivity index (χ3v) is 5.51. The summed E-state index contributed by atoms with van der Waals surface area (Å²) < 4.78 is 0. The lowest BCUT2D eigenvalue weighted by molar-refractivity contribution is -0.133. The number of carbonyl (C=O) groups excluding carboxylic acids is 2. The van der Waals surface area contributed by atoms with Crippen LogP contribution < -0.4 is 16.0 Å². The zero-order chi connectivity index (χ0) is 18.4. The van der Waals surface area contributed by atoms with Crippen molar-refractivity contribution in [2.75, 3.05) is 26.2 Å². The molecule has 1 aliphatic carbocycles. The molecule has 1 aromatic carbocycles. The van der Waals surface area contributed by atoms with Crippen LogP contribution >= 0.6 is 11.6 Å². The normalized spacial score (nSPS) is 21.3. The molecule has 1 heterocycles. The highest BCUT2D eigenvalue weighted by Gasteiger charge is 2.29. The maximum absolute atomic E-state index is 12.7. The second kappa shape index (κ2) is 9.24. The largest absolute Gasteiger partial charge is 0.335 e. The number of amides is 3. The van der Waals surface area contributed by atoms with Crippen LogP contribution in [0.15, 0.2) is 24.3 Å². The van der Waals surface area contributed by atoms with Gasteiger partial charge in [-0.05, 0) is 24.5 Å². The van der Waals surface area contributed by atoms with E-state index in [1.165, 1.54) is 6.42 Å². The first kappa shape index (κ1) is 19.0. The van der Waals surface area contributed by atoms with Crippen molar-refractivity contribution in [2.45, 2.75) is 44.2 Å². The molecule has 1 unspecified atom stereocenters. The molecule has 0 spiro atoms. The molecule has 1 atom stereocenters. The third kappa shape index (κ3) is 4.89. The maximum Gasteiger partial charge on any atom is 0.315 e. The lowest BCUT2D eigenvalue weighted by atomic mass is 9.96. The number of hydrogen-bond donors (Lipinski definition) is 3. The van der Waals surface area contributed by atoms with Gasteiger partial charge < -0.3 is 20.9 Å². The van der Waals surface area contributed by atoms with E-state index in [1.54, 1.807) is 4.90 Å². The Bertz CT molecular complexity index is 634. The fourth-order valence-corrected chi connectivity index (χ4v) is 4.03. The van der Waals surface area contributed by atoms with E-state index < -0.39 is 0 Å². The summed E-state index contributed by atoms with van der Waals surface area (Å²) in [5.41, 5.74) is 0.932. The van der Waals surface area contributed by atoms with Crippen LogP contribution in [0, 0.1) is 0 Å². The quantitative estimate of drug-likeness (QED) is 0.753. The van der Waals surface area contributed by atoms with Crippen LogP contribution in [-0.4, -0.2) is 49.1 Å². The summed E-state index contributed by atoms with van der Waals surface area (Å²) in [6, 6.07) is 7.45. The molecular weight excluding hydrogens is 352 g/mol. The van der Waals surface area contributed by atoms with Crippen LogP contribution in [0.1, 0.15) is 43.7 Å². The summed E-state index contributed by atoms with van der Waals surface area (Å²) >= 11 is 6.32. The molecule has 1 saturated heterocycles. The summed E-state index contributed by atoms with van der Waals surface area (Å²) in [5.74, 6) is -0.0878. The smallest absolute Gasteiger partial charge is 0.315 e. The minimum Gasteiger partial charge on any atom is -0.335 e. The molecule has 26 heavy (non-hydrogen) atoms. The summed E-state index contributed by atoms with van der Waals surface area (Å²) in [6.45, 7) is 1.99. The summed E-state index contributed by atoms with van der Waals surface area (Å²) in [6.07, 6.45) is 5.60. The van der Waals surface area contributed by atoms with Gasteiger partial charge in [-0.2, -0.15) is 0 Å². The number of urea groups is 1. The zero-order valence-electron chi connectivity index (χ0n) is 15.0. The zero-order valence-corrected chi connectivity index (χ0v) is 15.7. The first-order valence-corrected chi connectivity index (χ1v) is 9.82. The van der Waals surface area contributed by atoms with Crippen molar-refractivity contribution in [1.82, 2.24) is 20.9 Å². The Balaban J connectivity index is 1.55. The number of carbonyl (C=O) groups is 2. The summed E-state index contributed by atoms with van der Waals surface area (Å²) in [5, 5.41) is 9.66. The second-order valence-electron chi connectivity index (χ2n) is 6.99. The van der Waals surface area contributed by atoms with E-state index in [0.717, 1.165) is 37.8 Å². The van der Waals surface area contributed by atoms with E-state index in [0.29, 0.717) is 18.1 Å². The number of benzene rings is 1. The highest BCUT2D eigenvalue weighted by molar-refractivity contribution is 6.31. The molecule has 2 fully saturated rings. The minimum atomic E-state index is -0.255. The summed E-state index contributed by atoms with van der Waals surface area (Å²) in [4.78, 5) is 26.6. The van der Waals surface area contributed by atoms with Crippen molar-refractivity contribution < 1.29 is 9.59 Å². The Morgan fingerprint density at radius 3 is 2.73 bits per heavy atom. The van der Waals surface area contributed by atoms with Crippen LogP contribution in [-0.2, 0) is 4.79 Å². The van der Waals surface area contributed by atoms with Gasteiger partial charge in [-0.3, -0.25) is 4.79 Å². The van der Waals surface area contributed by atoms with Gasteiger partial charge in [-0.1, -0.05) is 49.1 Å². The van der Waals surface area contributed by atoms with E-state index in [-0.39, 0.29) is 30.6 Å². The molecule has 1 aromatic rings. The molecule has 2 aliphatic rings. The molecule has 3 N–H and O–H groups in total.